The van der Waals surface area contributed by atoms with Gasteiger partial charge in [-0.25, -0.2) is 0 Å². The Morgan fingerprint density at radius 2 is 1.61 bits per heavy atom. The van der Waals surface area contributed by atoms with Crippen molar-refractivity contribution in [1.29, 1.82) is 0 Å². The molecule has 23 heavy (non-hydrogen) atoms. The molecule has 1 aliphatic carbocycles. The highest BCUT2D eigenvalue weighted by atomic mass is 16.1. The van der Waals surface area contributed by atoms with E-state index in [0.717, 1.165) is 12.0 Å². The lowest BCUT2D eigenvalue weighted by Crippen LogP contribution is -2.09. The Morgan fingerprint density at radius 3 is 2.26 bits per heavy atom. The molecule has 0 bridgehead atoms. The maximum absolute atomic E-state index is 12.7. The fraction of sp³-hybridized carbons (Fsp3) is 0.318. The van der Waals surface area contributed by atoms with Gasteiger partial charge in [-0.3, -0.25) is 4.79 Å². The van der Waals surface area contributed by atoms with Crippen LogP contribution in [0.4, 0.5) is 0 Å². The van der Waals surface area contributed by atoms with Gasteiger partial charge in [0.2, 0.25) is 0 Å². The van der Waals surface area contributed by atoms with Crippen LogP contribution in [0.5, 0.6) is 0 Å². The van der Waals surface area contributed by atoms with Crippen LogP contribution in [0.3, 0.4) is 0 Å². The van der Waals surface area contributed by atoms with Gasteiger partial charge < -0.3 is 0 Å². The van der Waals surface area contributed by atoms with Crippen LogP contribution in [0.2, 0.25) is 0 Å². The molecule has 0 saturated carbocycles. The fourth-order valence-electron chi connectivity index (χ4n) is 3.41. The van der Waals surface area contributed by atoms with Crippen LogP contribution in [-0.4, -0.2) is 5.78 Å². The second-order valence-corrected chi connectivity index (χ2v) is 6.41. The van der Waals surface area contributed by atoms with Crippen molar-refractivity contribution in [3.8, 4) is 0 Å². The van der Waals surface area contributed by atoms with Gasteiger partial charge in [0, 0.05) is 12.0 Å². The van der Waals surface area contributed by atoms with E-state index in [1.165, 1.54) is 36.8 Å². The summed E-state index contributed by atoms with van der Waals surface area (Å²) in [5.74, 6) is 0.532. The predicted molar refractivity (Wildman–Crippen MR) is 95.7 cm³/mol. The first kappa shape index (κ1) is 15.7. The van der Waals surface area contributed by atoms with Gasteiger partial charge in [-0.1, -0.05) is 72.3 Å². The van der Waals surface area contributed by atoms with E-state index in [2.05, 4.69) is 30.3 Å². The number of Topliss-reactive ketones (excluding diaryl/α,β-unsaturated/α-hetero) is 1. The van der Waals surface area contributed by atoms with Gasteiger partial charge in [-0.2, -0.15) is 0 Å². The summed E-state index contributed by atoms with van der Waals surface area (Å²) in [6, 6.07) is 20.2. The number of rotatable bonds is 6. The Kier molecular flexibility index (Phi) is 5.42. The van der Waals surface area contributed by atoms with Crippen LogP contribution in [0.25, 0.3) is 0 Å². The standard InChI is InChI=1S/C22H24O/c23-22(20-14-8-3-9-15-20)17-21(19-12-6-2-7-13-19)16-18-10-4-1-5-11-18/h2-3,6-10,12-15,21H,1,4-5,11,16-17H2/t21-/m1/s1. The summed E-state index contributed by atoms with van der Waals surface area (Å²) < 4.78 is 0. The van der Waals surface area contributed by atoms with Crippen molar-refractivity contribution in [2.45, 2.75) is 44.4 Å². The Hall–Kier alpha value is -2.15. The molecule has 0 radical (unpaired) electrons. The van der Waals surface area contributed by atoms with Gasteiger partial charge >= 0.3 is 0 Å². The zero-order valence-electron chi connectivity index (χ0n) is 13.6. The third kappa shape index (κ3) is 4.41. The number of carbonyl (C=O) groups is 1. The minimum Gasteiger partial charge on any atom is -0.294 e. The molecular weight excluding hydrogens is 280 g/mol. The molecule has 0 aromatic heterocycles. The molecule has 0 fully saturated rings. The van der Waals surface area contributed by atoms with Crippen molar-refractivity contribution in [1.82, 2.24) is 0 Å². The van der Waals surface area contributed by atoms with Gasteiger partial charge in [-0.05, 0) is 43.6 Å². The first-order valence-corrected chi connectivity index (χ1v) is 8.64. The molecule has 0 saturated heterocycles. The second kappa shape index (κ2) is 7.92. The summed E-state index contributed by atoms with van der Waals surface area (Å²) in [5.41, 5.74) is 3.64. The lowest BCUT2D eigenvalue weighted by Gasteiger charge is -2.21. The number of benzene rings is 2. The minimum atomic E-state index is 0.246. The SMILES string of the molecule is O=C(C[C@@H](CC1=CCCCC1)c1ccccc1)c1ccccc1. The molecule has 2 aromatic rings. The van der Waals surface area contributed by atoms with E-state index >= 15 is 0 Å². The maximum Gasteiger partial charge on any atom is 0.163 e. The van der Waals surface area contributed by atoms with Gasteiger partial charge in [0.15, 0.2) is 5.78 Å². The summed E-state index contributed by atoms with van der Waals surface area (Å²) >= 11 is 0. The molecule has 0 amide bonds. The molecule has 1 aliphatic rings. The van der Waals surface area contributed by atoms with E-state index in [9.17, 15) is 4.79 Å². The average Bonchev–Trinajstić information content (AvgIpc) is 2.63. The molecule has 1 atom stereocenters. The van der Waals surface area contributed by atoms with Gasteiger partial charge in [0.05, 0.1) is 0 Å². The monoisotopic (exact) mass is 304 g/mol. The molecule has 2 aromatic carbocycles. The lowest BCUT2D eigenvalue weighted by molar-refractivity contribution is 0.0973. The van der Waals surface area contributed by atoms with Gasteiger partial charge in [0.25, 0.3) is 0 Å². The summed E-state index contributed by atoms with van der Waals surface area (Å²) in [6.45, 7) is 0. The predicted octanol–water partition coefficient (Wildman–Crippen LogP) is 5.93. The van der Waals surface area contributed by atoms with E-state index < -0.39 is 0 Å². The number of allylic oxidation sites excluding steroid dienone is 2. The normalized spacial score (nSPS) is 15.7. The molecule has 118 valence electrons. The zero-order valence-corrected chi connectivity index (χ0v) is 13.6. The summed E-state index contributed by atoms with van der Waals surface area (Å²) in [6.07, 6.45) is 9.00. The molecule has 0 N–H and O–H groups in total. The molecule has 1 heteroatoms. The quantitative estimate of drug-likeness (QED) is 0.477. The van der Waals surface area contributed by atoms with Crippen LogP contribution in [0.1, 0.15) is 60.4 Å². The van der Waals surface area contributed by atoms with Crippen LogP contribution in [0, 0.1) is 0 Å². The van der Waals surface area contributed by atoms with E-state index in [1.54, 1.807) is 0 Å². The molecule has 3 rings (SSSR count). The van der Waals surface area contributed by atoms with Crippen molar-refractivity contribution >= 4 is 5.78 Å². The Bertz CT molecular complexity index is 655. The smallest absolute Gasteiger partial charge is 0.163 e. The van der Waals surface area contributed by atoms with Crippen LogP contribution < -0.4 is 0 Å². The van der Waals surface area contributed by atoms with E-state index in [4.69, 9.17) is 0 Å². The Morgan fingerprint density at radius 1 is 0.913 bits per heavy atom. The third-order valence-corrected chi connectivity index (χ3v) is 4.69. The Labute approximate surface area is 139 Å². The number of ketones is 1. The second-order valence-electron chi connectivity index (χ2n) is 6.41. The van der Waals surface area contributed by atoms with E-state index in [1.807, 2.05) is 36.4 Å². The van der Waals surface area contributed by atoms with Crippen molar-refractivity contribution in [2.24, 2.45) is 0 Å². The summed E-state index contributed by atoms with van der Waals surface area (Å²) in [5, 5.41) is 0. The third-order valence-electron chi connectivity index (χ3n) is 4.69. The van der Waals surface area contributed by atoms with Crippen molar-refractivity contribution in [3.63, 3.8) is 0 Å². The highest BCUT2D eigenvalue weighted by Crippen LogP contribution is 2.32. The molecule has 0 unspecified atom stereocenters. The molecular formula is C22H24O. The van der Waals surface area contributed by atoms with Crippen molar-refractivity contribution in [2.75, 3.05) is 0 Å². The highest BCUT2D eigenvalue weighted by molar-refractivity contribution is 5.96. The molecule has 0 aliphatic heterocycles. The number of hydrogen-bond acceptors (Lipinski definition) is 1. The number of carbonyl (C=O) groups excluding carboxylic acids is 1. The first-order chi connectivity index (χ1) is 11.3. The average molecular weight is 304 g/mol. The van der Waals surface area contributed by atoms with Crippen LogP contribution in [0.15, 0.2) is 72.3 Å². The molecule has 0 heterocycles. The topological polar surface area (TPSA) is 17.1 Å². The van der Waals surface area contributed by atoms with Gasteiger partial charge in [0.1, 0.15) is 0 Å². The molecule has 1 nitrogen and oxygen atoms in total. The zero-order chi connectivity index (χ0) is 15.9. The van der Waals surface area contributed by atoms with Gasteiger partial charge in [-0.15, -0.1) is 0 Å². The van der Waals surface area contributed by atoms with Crippen molar-refractivity contribution < 1.29 is 4.79 Å². The fourth-order valence-corrected chi connectivity index (χ4v) is 3.41. The lowest BCUT2D eigenvalue weighted by atomic mass is 9.83. The van der Waals surface area contributed by atoms with Crippen LogP contribution >= 0.6 is 0 Å². The van der Waals surface area contributed by atoms with E-state index in [-0.39, 0.29) is 11.7 Å². The summed E-state index contributed by atoms with van der Waals surface area (Å²) in [7, 11) is 0. The summed E-state index contributed by atoms with van der Waals surface area (Å²) in [4.78, 5) is 12.7. The van der Waals surface area contributed by atoms with Crippen LogP contribution in [-0.2, 0) is 0 Å². The van der Waals surface area contributed by atoms with E-state index in [0.29, 0.717) is 6.42 Å². The van der Waals surface area contributed by atoms with Crippen molar-refractivity contribution in [3.05, 3.63) is 83.4 Å². The Balaban J connectivity index is 1.77. The molecule has 0 spiro atoms. The number of hydrogen-bond donors (Lipinski definition) is 0. The largest absolute Gasteiger partial charge is 0.294 e. The minimum absolute atomic E-state index is 0.246. The highest BCUT2D eigenvalue weighted by Gasteiger charge is 2.19. The maximum atomic E-state index is 12.7. The first-order valence-electron chi connectivity index (χ1n) is 8.64.